The smallest absolute Gasteiger partial charge is 0.320 e. The molecular weight excluding hydrogens is 330 g/mol. The summed E-state index contributed by atoms with van der Waals surface area (Å²) >= 11 is 0. The lowest BCUT2D eigenvalue weighted by Gasteiger charge is -2.25. The summed E-state index contributed by atoms with van der Waals surface area (Å²) in [5, 5.41) is 12.0. The maximum atomic E-state index is 12.8. The largest absolute Gasteiger partial charge is 0.459 e. The number of benzene rings is 1. The van der Waals surface area contributed by atoms with Gasteiger partial charge in [0, 0.05) is 13.1 Å². The minimum absolute atomic E-state index is 0.00965. The van der Waals surface area contributed by atoms with Gasteiger partial charge >= 0.3 is 5.97 Å². The van der Waals surface area contributed by atoms with Gasteiger partial charge in [-0.15, -0.1) is 0 Å². The molecule has 1 saturated heterocycles. The zero-order valence-electron chi connectivity index (χ0n) is 15.7. The first-order valence-corrected chi connectivity index (χ1v) is 9.01. The van der Waals surface area contributed by atoms with Crippen LogP contribution in [-0.2, 0) is 20.7 Å². The maximum Gasteiger partial charge on any atom is 0.320 e. The number of rotatable bonds is 6. The molecule has 1 N–H and O–H groups in total. The number of ether oxygens (including phenoxy) is 1. The van der Waals surface area contributed by atoms with E-state index in [0.29, 0.717) is 12.0 Å². The maximum absolute atomic E-state index is 12.8. The van der Waals surface area contributed by atoms with Gasteiger partial charge in [-0.3, -0.25) is 14.9 Å². The van der Waals surface area contributed by atoms with Crippen LogP contribution in [0.3, 0.4) is 0 Å². The van der Waals surface area contributed by atoms with E-state index in [2.05, 4.69) is 11.4 Å². The molecule has 1 aliphatic rings. The Bertz CT molecular complexity index is 665. The lowest BCUT2D eigenvalue weighted by Crippen LogP contribution is -2.48. The predicted octanol–water partition coefficient (Wildman–Crippen LogP) is 2.02. The highest BCUT2D eigenvalue weighted by Crippen LogP contribution is 2.13. The number of hydrogen-bond acceptors (Lipinski definition) is 5. The molecule has 2 rings (SSSR count). The molecule has 0 radical (unpaired) electrons. The predicted molar refractivity (Wildman–Crippen MR) is 98.3 cm³/mol. The van der Waals surface area contributed by atoms with E-state index < -0.39 is 11.6 Å². The normalized spacial score (nSPS) is 15.4. The quantitative estimate of drug-likeness (QED) is 0.788. The van der Waals surface area contributed by atoms with E-state index in [1.807, 2.05) is 37.8 Å². The highest BCUT2D eigenvalue weighted by molar-refractivity contribution is 5.83. The Kier molecular flexibility index (Phi) is 6.76. The van der Waals surface area contributed by atoms with Crippen LogP contribution in [-0.4, -0.2) is 48.1 Å². The molecule has 1 fully saturated rings. The van der Waals surface area contributed by atoms with Gasteiger partial charge in [0.05, 0.1) is 24.2 Å². The topological polar surface area (TPSA) is 82.4 Å². The number of esters is 1. The lowest BCUT2D eigenvalue weighted by molar-refractivity contribution is -0.153. The number of nitrogens with one attached hydrogen (secondary N) is 1. The second-order valence-electron chi connectivity index (χ2n) is 7.57. The van der Waals surface area contributed by atoms with Crippen molar-refractivity contribution in [3.8, 4) is 6.07 Å². The molecule has 6 heteroatoms. The summed E-state index contributed by atoms with van der Waals surface area (Å²) in [7, 11) is 0. The molecule has 26 heavy (non-hydrogen) atoms. The van der Waals surface area contributed by atoms with Crippen LogP contribution in [0.1, 0.15) is 44.7 Å². The summed E-state index contributed by atoms with van der Waals surface area (Å²) in [6.07, 6.45) is 2.49. The van der Waals surface area contributed by atoms with Crippen LogP contribution in [0, 0.1) is 11.3 Å². The number of nitriles is 1. The molecule has 1 amide bonds. The Morgan fingerprint density at radius 3 is 2.38 bits per heavy atom. The molecule has 1 heterocycles. The Hall–Kier alpha value is -2.39. The van der Waals surface area contributed by atoms with E-state index in [1.165, 1.54) is 0 Å². The van der Waals surface area contributed by atoms with Crippen molar-refractivity contribution in [3.05, 3.63) is 35.4 Å². The van der Waals surface area contributed by atoms with Gasteiger partial charge in [0.25, 0.3) is 0 Å². The fraction of sp³-hybridized carbons (Fsp3) is 0.550. The molecule has 0 aliphatic carbocycles. The molecule has 0 bridgehead atoms. The van der Waals surface area contributed by atoms with Gasteiger partial charge in [-0.1, -0.05) is 12.1 Å². The van der Waals surface area contributed by atoms with Gasteiger partial charge in [-0.25, -0.2) is 0 Å². The molecule has 0 spiro atoms. The van der Waals surface area contributed by atoms with Gasteiger partial charge in [0.15, 0.2) is 0 Å². The fourth-order valence-corrected chi connectivity index (χ4v) is 2.94. The molecule has 140 valence electrons. The van der Waals surface area contributed by atoms with Crippen LogP contribution in [0.4, 0.5) is 0 Å². The minimum Gasteiger partial charge on any atom is -0.459 e. The highest BCUT2D eigenvalue weighted by atomic mass is 16.6. The van der Waals surface area contributed by atoms with Crippen LogP contribution in [0.25, 0.3) is 0 Å². The van der Waals surface area contributed by atoms with E-state index in [9.17, 15) is 9.59 Å². The second kappa shape index (κ2) is 8.81. The number of carbonyl (C=O) groups is 2. The average molecular weight is 357 g/mol. The van der Waals surface area contributed by atoms with E-state index in [-0.39, 0.29) is 18.4 Å². The third-order valence-electron chi connectivity index (χ3n) is 4.15. The Labute approximate surface area is 155 Å². The van der Waals surface area contributed by atoms with E-state index in [1.54, 1.807) is 12.1 Å². The minimum atomic E-state index is -0.555. The Balaban J connectivity index is 2.04. The first-order valence-electron chi connectivity index (χ1n) is 9.01. The first kappa shape index (κ1) is 19.9. The summed E-state index contributed by atoms with van der Waals surface area (Å²) in [6.45, 7) is 6.95. The summed E-state index contributed by atoms with van der Waals surface area (Å²) < 4.78 is 5.31. The van der Waals surface area contributed by atoms with Gasteiger partial charge in [-0.2, -0.15) is 5.26 Å². The Morgan fingerprint density at radius 1 is 1.23 bits per heavy atom. The lowest BCUT2D eigenvalue weighted by atomic mass is 10.0. The van der Waals surface area contributed by atoms with Crippen LogP contribution in [0.5, 0.6) is 0 Å². The fourth-order valence-electron chi connectivity index (χ4n) is 2.94. The third kappa shape index (κ3) is 6.16. The summed E-state index contributed by atoms with van der Waals surface area (Å²) in [6, 6.07) is 8.76. The monoisotopic (exact) mass is 357 g/mol. The van der Waals surface area contributed by atoms with Crippen molar-refractivity contribution in [1.29, 1.82) is 5.26 Å². The number of nitrogens with zero attached hydrogens (tertiary/aromatic N) is 2. The van der Waals surface area contributed by atoms with Crippen LogP contribution < -0.4 is 5.32 Å². The van der Waals surface area contributed by atoms with Crippen LogP contribution >= 0.6 is 0 Å². The number of carbonyl (C=O) groups excluding carboxylic acids is 2. The number of hydrogen-bond donors (Lipinski definition) is 1. The summed E-state index contributed by atoms with van der Waals surface area (Å²) in [5.41, 5.74) is 0.969. The van der Waals surface area contributed by atoms with Gasteiger partial charge in [0.2, 0.25) is 5.91 Å². The van der Waals surface area contributed by atoms with Crippen LogP contribution in [0.15, 0.2) is 24.3 Å². The number of amides is 1. The van der Waals surface area contributed by atoms with E-state index in [4.69, 9.17) is 10.00 Å². The molecule has 1 aromatic rings. The average Bonchev–Trinajstić information content (AvgIpc) is 3.11. The molecule has 1 aliphatic heterocycles. The molecular formula is C20H27N3O3. The highest BCUT2D eigenvalue weighted by Gasteiger charge is 2.27. The van der Waals surface area contributed by atoms with Crippen molar-refractivity contribution in [2.45, 2.75) is 51.7 Å². The zero-order chi connectivity index (χ0) is 19.2. The van der Waals surface area contributed by atoms with Crippen LogP contribution in [0.2, 0.25) is 0 Å². The first-order chi connectivity index (χ1) is 12.3. The zero-order valence-corrected chi connectivity index (χ0v) is 15.7. The van der Waals surface area contributed by atoms with E-state index in [0.717, 1.165) is 31.5 Å². The Morgan fingerprint density at radius 2 is 1.85 bits per heavy atom. The van der Waals surface area contributed by atoms with Crippen molar-refractivity contribution in [3.63, 3.8) is 0 Å². The standard InChI is InChI=1S/C20H27N3O3/c1-20(2,3)26-18(24)14-22-17(19(25)23-10-4-5-11-23)12-15-6-8-16(13-21)9-7-15/h6-9,17,22H,4-5,10-12,14H2,1-3H3. The van der Waals surface area contributed by atoms with Gasteiger partial charge in [0.1, 0.15) is 5.60 Å². The second-order valence-corrected chi connectivity index (χ2v) is 7.57. The molecule has 1 aromatic carbocycles. The van der Waals surface area contributed by atoms with Gasteiger partial charge in [-0.05, 0) is 57.7 Å². The van der Waals surface area contributed by atoms with Crippen molar-refractivity contribution in [2.75, 3.05) is 19.6 Å². The van der Waals surface area contributed by atoms with Crippen molar-refractivity contribution in [2.24, 2.45) is 0 Å². The van der Waals surface area contributed by atoms with E-state index >= 15 is 0 Å². The third-order valence-corrected chi connectivity index (χ3v) is 4.15. The van der Waals surface area contributed by atoms with Crippen molar-refractivity contribution in [1.82, 2.24) is 10.2 Å². The molecule has 0 saturated carbocycles. The summed E-state index contributed by atoms with van der Waals surface area (Å²) in [5.74, 6) is -0.369. The van der Waals surface area contributed by atoms with Crippen molar-refractivity contribution >= 4 is 11.9 Å². The summed E-state index contributed by atoms with van der Waals surface area (Å²) in [4.78, 5) is 26.7. The SMILES string of the molecule is CC(C)(C)OC(=O)CNC(Cc1ccc(C#N)cc1)C(=O)N1CCCC1. The molecule has 0 aromatic heterocycles. The van der Waals surface area contributed by atoms with Crippen molar-refractivity contribution < 1.29 is 14.3 Å². The molecule has 1 unspecified atom stereocenters. The molecule has 1 atom stereocenters. The molecule has 6 nitrogen and oxygen atoms in total. The van der Waals surface area contributed by atoms with Gasteiger partial charge < -0.3 is 9.64 Å². The number of likely N-dealkylation sites (tertiary alicyclic amines) is 1.